The van der Waals surface area contributed by atoms with Gasteiger partial charge in [0.1, 0.15) is 5.75 Å². The summed E-state index contributed by atoms with van der Waals surface area (Å²) in [5, 5.41) is 0. The predicted octanol–water partition coefficient (Wildman–Crippen LogP) is 1.93. The predicted molar refractivity (Wildman–Crippen MR) is 61.3 cm³/mol. The lowest BCUT2D eigenvalue weighted by atomic mass is 10.2. The van der Waals surface area contributed by atoms with Crippen LogP contribution >= 0.6 is 22.6 Å². The Bertz CT molecular complexity index is 374. The highest BCUT2D eigenvalue weighted by atomic mass is 127. The van der Waals surface area contributed by atoms with Crippen molar-refractivity contribution in [2.75, 3.05) is 0 Å². The van der Waals surface area contributed by atoms with Crippen molar-refractivity contribution in [2.24, 2.45) is 5.73 Å². The molecular formula is C10H10INO2. The van der Waals surface area contributed by atoms with Gasteiger partial charge in [0.05, 0.1) is 15.2 Å². The van der Waals surface area contributed by atoms with E-state index >= 15 is 0 Å². The summed E-state index contributed by atoms with van der Waals surface area (Å²) in [6.07, 6.45) is 2.43. The van der Waals surface area contributed by atoms with Crippen LogP contribution in [-0.4, -0.2) is 12.0 Å². The van der Waals surface area contributed by atoms with Gasteiger partial charge in [-0.2, -0.15) is 0 Å². The van der Waals surface area contributed by atoms with E-state index < -0.39 is 5.91 Å². The van der Waals surface area contributed by atoms with Gasteiger partial charge < -0.3 is 10.5 Å². The quantitative estimate of drug-likeness (QED) is 0.868. The van der Waals surface area contributed by atoms with Crippen LogP contribution in [-0.2, 0) is 0 Å². The zero-order chi connectivity index (χ0) is 10.1. The highest BCUT2D eigenvalue weighted by Crippen LogP contribution is 2.32. The molecule has 2 rings (SSSR count). The molecule has 0 unspecified atom stereocenters. The second-order valence-corrected chi connectivity index (χ2v) is 4.46. The average Bonchev–Trinajstić information content (AvgIpc) is 2.91. The molecule has 1 aromatic rings. The molecule has 0 aliphatic heterocycles. The summed E-state index contributed by atoms with van der Waals surface area (Å²) >= 11 is 2.15. The van der Waals surface area contributed by atoms with Gasteiger partial charge in [-0.05, 0) is 47.6 Å². The molecular weight excluding hydrogens is 293 g/mol. The third kappa shape index (κ3) is 2.00. The Kier molecular flexibility index (Phi) is 2.62. The number of amides is 1. The summed E-state index contributed by atoms with van der Waals surface area (Å²) in [4.78, 5) is 11.1. The van der Waals surface area contributed by atoms with E-state index in [1.54, 1.807) is 6.07 Å². The van der Waals surface area contributed by atoms with Crippen LogP contribution in [0.15, 0.2) is 18.2 Å². The van der Waals surface area contributed by atoms with Crippen molar-refractivity contribution in [3.63, 3.8) is 0 Å². The monoisotopic (exact) mass is 303 g/mol. The van der Waals surface area contributed by atoms with Crippen molar-refractivity contribution in [3.8, 4) is 5.75 Å². The number of para-hydroxylation sites is 1. The van der Waals surface area contributed by atoms with Crippen LogP contribution < -0.4 is 10.5 Å². The lowest BCUT2D eigenvalue weighted by molar-refractivity contribution is 0.0996. The van der Waals surface area contributed by atoms with Crippen LogP contribution in [0, 0.1) is 3.57 Å². The number of nitrogens with two attached hydrogens (primary N) is 1. The highest BCUT2D eigenvalue weighted by molar-refractivity contribution is 14.1. The van der Waals surface area contributed by atoms with Crippen LogP contribution in [0.3, 0.4) is 0 Å². The van der Waals surface area contributed by atoms with Gasteiger partial charge in [0, 0.05) is 0 Å². The van der Waals surface area contributed by atoms with Crippen LogP contribution in [0.25, 0.3) is 0 Å². The van der Waals surface area contributed by atoms with Gasteiger partial charge in [0.2, 0.25) is 0 Å². The summed E-state index contributed by atoms with van der Waals surface area (Å²) in [7, 11) is 0. The van der Waals surface area contributed by atoms with Gasteiger partial charge in [-0.25, -0.2) is 0 Å². The van der Waals surface area contributed by atoms with E-state index in [0.29, 0.717) is 11.3 Å². The number of primary amides is 1. The molecule has 14 heavy (non-hydrogen) atoms. The Morgan fingerprint density at radius 3 is 2.79 bits per heavy atom. The van der Waals surface area contributed by atoms with Crippen molar-refractivity contribution in [2.45, 2.75) is 18.9 Å². The molecule has 0 bridgehead atoms. The normalized spacial score (nSPS) is 15.2. The van der Waals surface area contributed by atoms with E-state index in [2.05, 4.69) is 22.6 Å². The Balaban J connectivity index is 2.36. The Morgan fingerprint density at radius 2 is 2.21 bits per heavy atom. The molecule has 2 N–H and O–H groups in total. The second-order valence-electron chi connectivity index (χ2n) is 3.30. The maximum atomic E-state index is 11.1. The first-order valence-electron chi connectivity index (χ1n) is 4.43. The molecule has 3 nitrogen and oxygen atoms in total. The summed E-state index contributed by atoms with van der Waals surface area (Å²) in [5.41, 5.74) is 5.73. The third-order valence-corrected chi connectivity index (χ3v) is 2.89. The summed E-state index contributed by atoms with van der Waals surface area (Å²) in [5.74, 6) is 0.210. The molecule has 0 atom stereocenters. The van der Waals surface area contributed by atoms with Gasteiger partial charge in [0.25, 0.3) is 5.91 Å². The Morgan fingerprint density at radius 1 is 1.50 bits per heavy atom. The van der Waals surface area contributed by atoms with Gasteiger partial charge in [-0.15, -0.1) is 0 Å². The van der Waals surface area contributed by atoms with Crippen molar-refractivity contribution in [3.05, 3.63) is 27.3 Å². The van der Waals surface area contributed by atoms with E-state index in [-0.39, 0.29) is 6.10 Å². The fourth-order valence-corrected chi connectivity index (χ4v) is 1.80. The second kappa shape index (κ2) is 3.76. The topological polar surface area (TPSA) is 52.3 Å². The summed E-state index contributed by atoms with van der Waals surface area (Å²) < 4.78 is 6.58. The number of ether oxygens (including phenoxy) is 1. The van der Waals surface area contributed by atoms with Gasteiger partial charge in [0.15, 0.2) is 0 Å². The van der Waals surface area contributed by atoms with Gasteiger partial charge in [-0.1, -0.05) is 6.07 Å². The van der Waals surface area contributed by atoms with Crippen LogP contribution in [0.4, 0.5) is 0 Å². The van der Waals surface area contributed by atoms with E-state index in [1.807, 2.05) is 12.1 Å². The molecule has 0 heterocycles. The number of carbonyl (C=O) groups excluding carboxylic acids is 1. The summed E-state index contributed by atoms with van der Waals surface area (Å²) in [6.45, 7) is 0. The molecule has 1 aliphatic rings. The third-order valence-electron chi connectivity index (χ3n) is 2.04. The molecule has 0 saturated heterocycles. The zero-order valence-corrected chi connectivity index (χ0v) is 9.65. The number of hydrogen-bond donors (Lipinski definition) is 1. The minimum absolute atomic E-state index is 0.281. The first-order chi connectivity index (χ1) is 6.68. The molecule has 4 heteroatoms. The Hall–Kier alpha value is -0.780. The molecule has 0 radical (unpaired) electrons. The summed E-state index contributed by atoms with van der Waals surface area (Å²) in [6, 6.07) is 5.41. The standard InChI is InChI=1S/C10H10INO2/c11-8-3-1-2-7(10(12)13)9(8)14-6-4-5-6/h1-3,6H,4-5H2,(H2,12,13). The fraction of sp³-hybridized carbons (Fsp3) is 0.300. The van der Waals surface area contributed by atoms with Crippen LogP contribution in [0.5, 0.6) is 5.75 Å². The van der Waals surface area contributed by atoms with E-state index in [0.717, 1.165) is 16.4 Å². The fourth-order valence-electron chi connectivity index (χ4n) is 1.18. The van der Waals surface area contributed by atoms with E-state index in [4.69, 9.17) is 10.5 Å². The number of benzene rings is 1. The first-order valence-corrected chi connectivity index (χ1v) is 5.51. The largest absolute Gasteiger partial charge is 0.488 e. The minimum atomic E-state index is -0.431. The lowest BCUT2D eigenvalue weighted by Crippen LogP contribution is -2.14. The van der Waals surface area contributed by atoms with Gasteiger partial charge in [-0.3, -0.25) is 4.79 Å². The van der Waals surface area contributed by atoms with Crippen molar-refractivity contribution < 1.29 is 9.53 Å². The number of hydrogen-bond acceptors (Lipinski definition) is 2. The maximum absolute atomic E-state index is 11.1. The number of halogens is 1. The smallest absolute Gasteiger partial charge is 0.252 e. The molecule has 1 fully saturated rings. The molecule has 1 saturated carbocycles. The van der Waals surface area contributed by atoms with E-state index in [1.165, 1.54) is 0 Å². The molecule has 1 aliphatic carbocycles. The Labute approximate surface area is 95.8 Å². The zero-order valence-electron chi connectivity index (χ0n) is 7.50. The lowest BCUT2D eigenvalue weighted by Gasteiger charge is -2.10. The van der Waals surface area contributed by atoms with E-state index in [9.17, 15) is 4.79 Å². The maximum Gasteiger partial charge on any atom is 0.252 e. The molecule has 0 aromatic heterocycles. The average molecular weight is 303 g/mol. The van der Waals surface area contributed by atoms with Crippen molar-refractivity contribution >= 4 is 28.5 Å². The highest BCUT2D eigenvalue weighted by Gasteiger charge is 2.26. The molecule has 0 spiro atoms. The molecule has 1 amide bonds. The molecule has 1 aromatic carbocycles. The number of carbonyl (C=O) groups is 1. The van der Waals surface area contributed by atoms with Crippen LogP contribution in [0.1, 0.15) is 23.2 Å². The van der Waals surface area contributed by atoms with Crippen molar-refractivity contribution in [1.82, 2.24) is 0 Å². The first kappa shape index (κ1) is 9.76. The van der Waals surface area contributed by atoms with Crippen LogP contribution in [0.2, 0.25) is 0 Å². The van der Waals surface area contributed by atoms with Gasteiger partial charge >= 0.3 is 0 Å². The number of rotatable bonds is 3. The minimum Gasteiger partial charge on any atom is -0.488 e. The SMILES string of the molecule is NC(=O)c1cccc(I)c1OC1CC1. The van der Waals surface area contributed by atoms with Crippen molar-refractivity contribution in [1.29, 1.82) is 0 Å². The molecule has 74 valence electrons.